The zero-order valence-electron chi connectivity index (χ0n) is 14.1. The quantitative estimate of drug-likeness (QED) is 0.486. The molecule has 1 aromatic carbocycles. The monoisotopic (exact) mass is 359 g/mol. The second-order valence-corrected chi connectivity index (χ2v) is 6.68. The van der Waals surface area contributed by atoms with Crippen molar-refractivity contribution >= 4 is 11.8 Å². The second-order valence-electron chi connectivity index (χ2n) is 5.74. The van der Waals surface area contributed by atoms with Crippen molar-refractivity contribution < 1.29 is 0 Å². The number of hydrogen-bond acceptors (Lipinski definition) is 5. The van der Waals surface area contributed by atoms with E-state index in [1.54, 1.807) is 18.0 Å². The Bertz CT molecular complexity index is 955. The molecule has 0 fully saturated rings. The lowest BCUT2D eigenvalue weighted by atomic mass is 10.2. The Morgan fingerprint density at radius 3 is 2.35 bits per heavy atom. The summed E-state index contributed by atoms with van der Waals surface area (Å²) in [6.45, 7) is 0.707. The molecule has 0 spiro atoms. The molecule has 0 radical (unpaired) electrons. The molecule has 0 saturated carbocycles. The lowest BCUT2D eigenvalue weighted by Crippen LogP contribution is -2.04. The number of thioether (sulfide) groups is 1. The van der Waals surface area contributed by atoms with Crippen LogP contribution in [0.5, 0.6) is 0 Å². The Morgan fingerprint density at radius 1 is 0.769 bits per heavy atom. The van der Waals surface area contributed by atoms with Crippen molar-refractivity contribution in [2.45, 2.75) is 17.5 Å². The molecule has 4 rings (SSSR count). The summed E-state index contributed by atoms with van der Waals surface area (Å²) in [5.74, 6) is 1.60. The van der Waals surface area contributed by atoms with Crippen LogP contribution in [0, 0.1) is 0 Å². The Kier molecular flexibility index (Phi) is 5.02. The van der Waals surface area contributed by atoms with Crippen LogP contribution in [0.15, 0.2) is 84.4 Å². The number of aromatic nitrogens is 5. The third-order valence-corrected chi connectivity index (χ3v) is 4.95. The predicted octanol–water partition coefficient (Wildman–Crippen LogP) is 4.08. The van der Waals surface area contributed by atoms with Crippen molar-refractivity contribution in [2.75, 3.05) is 0 Å². The third-order valence-electron chi connectivity index (χ3n) is 3.91. The highest BCUT2D eigenvalue weighted by molar-refractivity contribution is 7.98. The van der Waals surface area contributed by atoms with Crippen LogP contribution in [0.4, 0.5) is 0 Å². The van der Waals surface area contributed by atoms with Crippen LogP contribution in [0.2, 0.25) is 0 Å². The fourth-order valence-corrected chi connectivity index (χ4v) is 3.51. The molecule has 0 aliphatic heterocycles. The Morgan fingerprint density at radius 2 is 1.58 bits per heavy atom. The normalized spacial score (nSPS) is 10.8. The van der Waals surface area contributed by atoms with Gasteiger partial charge in [0.2, 0.25) is 0 Å². The zero-order valence-corrected chi connectivity index (χ0v) is 14.9. The van der Waals surface area contributed by atoms with E-state index >= 15 is 0 Å². The highest BCUT2D eigenvalue weighted by Gasteiger charge is 2.15. The molecular formula is C20H17N5S. The minimum atomic E-state index is 0.707. The van der Waals surface area contributed by atoms with Gasteiger partial charge in [-0.05, 0) is 35.4 Å². The van der Waals surface area contributed by atoms with Gasteiger partial charge in [-0.3, -0.25) is 14.5 Å². The second kappa shape index (κ2) is 7.93. The summed E-state index contributed by atoms with van der Waals surface area (Å²) >= 11 is 1.67. The maximum Gasteiger partial charge on any atom is 0.192 e. The van der Waals surface area contributed by atoms with Crippen LogP contribution in [-0.4, -0.2) is 24.7 Å². The molecule has 4 aromatic rings. The van der Waals surface area contributed by atoms with Crippen molar-refractivity contribution in [1.29, 1.82) is 0 Å². The molecule has 0 atom stereocenters. The molecular weight excluding hydrogens is 342 g/mol. The maximum atomic E-state index is 4.44. The zero-order chi connectivity index (χ0) is 17.6. The molecule has 0 aliphatic carbocycles. The lowest BCUT2D eigenvalue weighted by molar-refractivity contribution is 0.713. The fraction of sp³-hybridized carbons (Fsp3) is 0.100. The van der Waals surface area contributed by atoms with Crippen LogP contribution in [0.1, 0.15) is 11.1 Å². The van der Waals surface area contributed by atoms with Gasteiger partial charge in [-0.2, -0.15) is 0 Å². The summed E-state index contributed by atoms with van der Waals surface area (Å²) in [7, 11) is 0. The van der Waals surface area contributed by atoms with E-state index in [-0.39, 0.29) is 0 Å². The van der Waals surface area contributed by atoms with E-state index in [0.29, 0.717) is 6.54 Å². The third kappa shape index (κ3) is 3.81. The maximum absolute atomic E-state index is 4.44. The van der Waals surface area contributed by atoms with E-state index in [0.717, 1.165) is 22.4 Å². The molecule has 26 heavy (non-hydrogen) atoms. The van der Waals surface area contributed by atoms with Crippen LogP contribution in [0.3, 0.4) is 0 Å². The number of hydrogen-bond donors (Lipinski definition) is 0. The van der Waals surface area contributed by atoms with E-state index in [1.165, 1.54) is 11.1 Å². The SMILES string of the molecule is c1ccc(Cn2c(SCc3ccncc3)nnc2-c2ccccn2)cc1. The highest BCUT2D eigenvalue weighted by Crippen LogP contribution is 2.26. The molecule has 5 nitrogen and oxygen atoms in total. The van der Waals surface area contributed by atoms with E-state index < -0.39 is 0 Å². The van der Waals surface area contributed by atoms with Gasteiger partial charge >= 0.3 is 0 Å². The minimum absolute atomic E-state index is 0.707. The summed E-state index contributed by atoms with van der Waals surface area (Å²) in [5.41, 5.74) is 3.24. The van der Waals surface area contributed by atoms with Crippen LogP contribution in [0.25, 0.3) is 11.5 Å². The molecule has 6 heteroatoms. The molecule has 0 unspecified atom stereocenters. The van der Waals surface area contributed by atoms with E-state index in [1.807, 2.05) is 60.9 Å². The number of pyridine rings is 2. The molecule has 0 bridgehead atoms. The van der Waals surface area contributed by atoms with Crippen molar-refractivity contribution in [2.24, 2.45) is 0 Å². The standard InChI is InChI=1S/C20H17N5S/c1-2-6-16(7-3-1)14-25-19(18-8-4-5-11-22-18)23-24-20(25)26-15-17-9-12-21-13-10-17/h1-13H,14-15H2. The molecule has 0 amide bonds. The average molecular weight is 359 g/mol. The summed E-state index contributed by atoms with van der Waals surface area (Å²) in [6.07, 6.45) is 5.40. The largest absolute Gasteiger partial charge is 0.296 e. The van der Waals surface area contributed by atoms with Crippen molar-refractivity contribution in [3.05, 3.63) is 90.4 Å². The number of benzene rings is 1. The first kappa shape index (κ1) is 16.5. The number of rotatable bonds is 6. The van der Waals surface area contributed by atoms with Gasteiger partial charge in [-0.25, -0.2) is 0 Å². The van der Waals surface area contributed by atoms with E-state index in [4.69, 9.17) is 0 Å². The first-order chi connectivity index (χ1) is 12.9. The van der Waals surface area contributed by atoms with Crippen molar-refractivity contribution in [3.8, 4) is 11.5 Å². The molecule has 0 N–H and O–H groups in total. The smallest absolute Gasteiger partial charge is 0.192 e. The summed E-state index contributed by atoms with van der Waals surface area (Å²) < 4.78 is 2.13. The van der Waals surface area contributed by atoms with Crippen LogP contribution < -0.4 is 0 Å². The molecule has 0 saturated heterocycles. The molecule has 0 aliphatic rings. The van der Waals surface area contributed by atoms with Crippen LogP contribution >= 0.6 is 11.8 Å². The van der Waals surface area contributed by atoms with Gasteiger partial charge < -0.3 is 0 Å². The average Bonchev–Trinajstić information content (AvgIpc) is 3.11. The Labute approximate surface area is 156 Å². The predicted molar refractivity (Wildman–Crippen MR) is 103 cm³/mol. The first-order valence-corrected chi connectivity index (χ1v) is 9.29. The van der Waals surface area contributed by atoms with Gasteiger partial charge in [0, 0.05) is 24.3 Å². The highest BCUT2D eigenvalue weighted by atomic mass is 32.2. The van der Waals surface area contributed by atoms with Crippen molar-refractivity contribution in [1.82, 2.24) is 24.7 Å². The molecule has 128 valence electrons. The van der Waals surface area contributed by atoms with Gasteiger partial charge in [0.05, 0.1) is 6.54 Å². The van der Waals surface area contributed by atoms with E-state index in [2.05, 4.69) is 36.9 Å². The number of nitrogens with zero attached hydrogens (tertiary/aromatic N) is 5. The molecule has 3 heterocycles. The van der Waals surface area contributed by atoms with Gasteiger partial charge in [-0.15, -0.1) is 10.2 Å². The Balaban J connectivity index is 1.66. The molecule has 3 aromatic heterocycles. The van der Waals surface area contributed by atoms with Crippen molar-refractivity contribution in [3.63, 3.8) is 0 Å². The van der Waals surface area contributed by atoms with Gasteiger partial charge in [0.25, 0.3) is 0 Å². The fourth-order valence-electron chi connectivity index (χ4n) is 2.62. The summed E-state index contributed by atoms with van der Waals surface area (Å²) in [5, 5.41) is 9.72. The van der Waals surface area contributed by atoms with Crippen LogP contribution in [-0.2, 0) is 12.3 Å². The minimum Gasteiger partial charge on any atom is -0.296 e. The van der Waals surface area contributed by atoms with Gasteiger partial charge in [-0.1, -0.05) is 48.2 Å². The lowest BCUT2D eigenvalue weighted by Gasteiger charge is -2.10. The van der Waals surface area contributed by atoms with Gasteiger partial charge in [0.1, 0.15) is 5.69 Å². The summed E-state index contributed by atoms with van der Waals surface area (Å²) in [6, 6.07) is 20.2. The Hall–Kier alpha value is -2.99. The van der Waals surface area contributed by atoms with Gasteiger partial charge in [0.15, 0.2) is 11.0 Å². The topological polar surface area (TPSA) is 56.5 Å². The first-order valence-electron chi connectivity index (χ1n) is 8.30. The van der Waals surface area contributed by atoms with E-state index in [9.17, 15) is 0 Å². The summed E-state index contributed by atoms with van der Waals surface area (Å²) in [4.78, 5) is 8.51.